The van der Waals surface area contributed by atoms with E-state index in [1.807, 2.05) is 6.07 Å². The van der Waals surface area contributed by atoms with Gasteiger partial charge in [0.1, 0.15) is 17.2 Å². The van der Waals surface area contributed by atoms with Gasteiger partial charge < -0.3 is 5.32 Å². The van der Waals surface area contributed by atoms with Gasteiger partial charge in [0.25, 0.3) is 5.91 Å². The van der Waals surface area contributed by atoms with Crippen molar-refractivity contribution in [3.8, 4) is 5.82 Å². The van der Waals surface area contributed by atoms with Crippen LogP contribution >= 0.6 is 11.8 Å². The second-order valence-corrected chi connectivity index (χ2v) is 7.02. The maximum Gasteiger partial charge on any atom is 0.272 e. The molecule has 26 heavy (non-hydrogen) atoms. The lowest BCUT2D eigenvalue weighted by Gasteiger charge is -2.04. The molecule has 1 N–H and O–H groups in total. The predicted molar refractivity (Wildman–Crippen MR) is 95.6 cm³/mol. The van der Waals surface area contributed by atoms with Gasteiger partial charge in [0.05, 0.1) is 0 Å². The lowest BCUT2D eigenvalue weighted by atomic mass is 10.2. The molecule has 1 aliphatic rings. The summed E-state index contributed by atoms with van der Waals surface area (Å²) in [6.07, 6.45) is 5.22. The molecule has 0 aliphatic heterocycles. The molecule has 2 heterocycles. The molecule has 6 nitrogen and oxygen atoms in total. The van der Waals surface area contributed by atoms with Gasteiger partial charge in [0.15, 0.2) is 11.5 Å². The highest BCUT2D eigenvalue weighted by Gasteiger charge is 2.24. The molecule has 1 fully saturated rings. The summed E-state index contributed by atoms with van der Waals surface area (Å²) in [6, 6.07) is 10.2. The highest BCUT2D eigenvalue weighted by molar-refractivity contribution is 7.98. The molecule has 0 spiro atoms. The van der Waals surface area contributed by atoms with E-state index in [-0.39, 0.29) is 17.8 Å². The molecule has 3 aromatic rings. The Morgan fingerprint density at radius 3 is 2.96 bits per heavy atom. The largest absolute Gasteiger partial charge is 0.348 e. The molecule has 4 rings (SSSR count). The van der Waals surface area contributed by atoms with Gasteiger partial charge >= 0.3 is 0 Å². The minimum Gasteiger partial charge on any atom is -0.348 e. The van der Waals surface area contributed by atoms with E-state index in [1.165, 1.54) is 30.2 Å². The Hall–Kier alpha value is -2.74. The minimum atomic E-state index is -0.250. The predicted octanol–water partition coefficient (Wildman–Crippen LogP) is 2.99. The number of carbonyl (C=O) groups is 1. The molecular formula is C18H16FN5OS. The fraction of sp³-hybridized carbons (Fsp3) is 0.222. The lowest BCUT2D eigenvalue weighted by Crippen LogP contribution is -2.25. The van der Waals surface area contributed by atoms with Gasteiger partial charge in [-0.3, -0.25) is 4.79 Å². The second kappa shape index (κ2) is 7.25. The molecule has 0 saturated heterocycles. The minimum absolute atomic E-state index is 0.166. The van der Waals surface area contributed by atoms with Crippen LogP contribution in [-0.4, -0.2) is 31.7 Å². The van der Waals surface area contributed by atoms with Crippen LogP contribution in [0.25, 0.3) is 5.82 Å². The van der Waals surface area contributed by atoms with Crippen LogP contribution in [0.1, 0.15) is 28.9 Å². The van der Waals surface area contributed by atoms with E-state index in [2.05, 4.69) is 20.4 Å². The van der Waals surface area contributed by atoms with Crippen LogP contribution in [0.15, 0.2) is 53.9 Å². The van der Waals surface area contributed by atoms with E-state index in [4.69, 9.17) is 0 Å². The zero-order valence-corrected chi connectivity index (χ0v) is 14.6. The maximum atomic E-state index is 13.2. The van der Waals surface area contributed by atoms with E-state index in [9.17, 15) is 9.18 Å². The van der Waals surface area contributed by atoms with Gasteiger partial charge in [-0.2, -0.15) is 5.10 Å². The monoisotopic (exact) mass is 369 g/mol. The summed E-state index contributed by atoms with van der Waals surface area (Å²) in [4.78, 5) is 20.5. The van der Waals surface area contributed by atoms with Crippen molar-refractivity contribution in [1.82, 2.24) is 25.1 Å². The van der Waals surface area contributed by atoms with Gasteiger partial charge in [0, 0.05) is 24.1 Å². The standard InChI is InChI=1S/C18H16FN5OS/c19-13-3-1-2-12(8-13)10-26-17-9-16(20-11-21-17)24-7-6-15(23-24)18(25)22-14-4-5-14/h1-3,6-9,11,14H,4-5,10H2,(H,22,25). The van der Waals surface area contributed by atoms with Gasteiger partial charge in [-0.1, -0.05) is 12.1 Å². The number of halogens is 1. The maximum absolute atomic E-state index is 13.2. The topological polar surface area (TPSA) is 72.7 Å². The lowest BCUT2D eigenvalue weighted by molar-refractivity contribution is 0.0945. The SMILES string of the molecule is O=C(NC1CC1)c1ccn(-c2cc(SCc3cccc(F)c3)ncn2)n1. The number of rotatable bonds is 6. The number of nitrogens with one attached hydrogen (secondary N) is 1. The van der Waals surface area contributed by atoms with E-state index >= 15 is 0 Å². The van der Waals surface area contributed by atoms with Crippen LogP contribution in [0.5, 0.6) is 0 Å². The first-order valence-corrected chi connectivity index (χ1v) is 9.22. The van der Waals surface area contributed by atoms with Crippen LogP contribution in [-0.2, 0) is 5.75 Å². The van der Waals surface area contributed by atoms with Crippen molar-refractivity contribution in [2.45, 2.75) is 29.7 Å². The van der Waals surface area contributed by atoms with E-state index in [0.29, 0.717) is 17.3 Å². The molecule has 0 atom stereocenters. The fourth-order valence-corrected chi connectivity index (χ4v) is 3.18. The normalized spacial score (nSPS) is 13.6. The molecule has 1 amide bonds. The summed E-state index contributed by atoms with van der Waals surface area (Å²) in [6.45, 7) is 0. The first-order chi connectivity index (χ1) is 12.7. The van der Waals surface area contributed by atoms with Gasteiger partial charge in [0.2, 0.25) is 0 Å². The molecule has 2 aromatic heterocycles. The third-order valence-electron chi connectivity index (χ3n) is 3.87. The fourth-order valence-electron chi connectivity index (χ4n) is 2.38. The Kier molecular flexibility index (Phi) is 4.66. The molecule has 1 aliphatic carbocycles. The average Bonchev–Trinajstić information content (AvgIpc) is 3.32. The number of nitrogens with zero attached hydrogens (tertiary/aromatic N) is 4. The first kappa shape index (κ1) is 16.7. The zero-order valence-electron chi connectivity index (χ0n) is 13.8. The molecule has 132 valence electrons. The molecule has 8 heteroatoms. The molecular weight excluding hydrogens is 353 g/mol. The number of benzene rings is 1. The quantitative estimate of drug-likeness (QED) is 0.534. The number of aromatic nitrogens is 4. The zero-order chi connectivity index (χ0) is 17.9. The van der Waals surface area contributed by atoms with Crippen LogP contribution in [0.4, 0.5) is 4.39 Å². The number of amides is 1. The van der Waals surface area contributed by atoms with Crippen molar-refractivity contribution < 1.29 is 9.18 Å². The van der Waals surface area contributed by atoms with Gasteiger partial charge in [-0.25, -0.2) is 19.0 Å². The third kappa shape index (κ3) is 4.08. The van der Waals surface area contributed by atoms with E-state index in [1.54, 1.807) is 29.1 Å². The summed E-state index contributed by atoms with van der Waals surface area (Å²) < 4.78 is 14.8. The van der Waals surface area contributed by atoms with Crippen molar-refractivity contribution in [2.24, 2.45) is 0 Å². The van der Waals surface area contributed by atoms with Crippen molar-refractivity contribution >= 4 is 17.7 Å². The summed E-state index contributed by atoms with van der Waals surface area (Å²) in [5, 5.41) is 7.94. The third-order valence-corrected chi connectivity index (χ3v) is 4.87. The molecule has 1 saturated carbocycles. The van der Waals surface area contributed by atoms with Crippen molar-refractivity contribution in [1.29, 1.82) is 0 Å². The van der Waals surface area contributed by atoms with Crippen molar-refractivity contribution in [3.05, 3.63) is 66.0 Å². The number of thioether (sulfide) groups is 1. The highest BCUT2D eigenvalue weighted by atomic mass is 32.2. The van der Waals surface area contributed by atoms with Crippen LogP contribution in [0.3, 0.4) is 0 Å². The summed E-state index contributed by atoms with van der Waals surface area (Å²) in [7, 11) is 0. The molecule has 1 aromatic carbocycles. The summed E-state index contributed by atoms with van der Waals surface area (Å²) in [5.41, 5.74) is 1.25. The van der Waals surface area contributed by atoms with Gasteiger partial charge in [-0.05, 0) is 36.6 Å². The second-order valence-electron chi connectivity index (χ2n) is 6.03. The Morgan fingerprint density at radius 2 is 2.15 bits per heavy atom. The van der Waals surface area contributed by atoms with E-state index in [0.717, 1.165) is 23.4 Å². The van der Waals surface area contributed by atoms with Gasteiger partial charge in [-0.15, -0.1) is 11.8 Å². The van der Waals surface area contributed by atoms with E-state index < -0.39 is 0 Å². The number of hydrogen-bond donors (Lipinski definition) is 1. The molecule has 0 bridgehead atoms. The first-order valence-electron chi connectivity index (χ1n) is 8.23. The molecule has 0 unspecified atom stereocenters. The Bertz CT molecular complexity index is 941. The van der Waals surface area contributed by atoms with Crippen LogP contribution in [0, 0.1) is 5.82 Å². The Labute approximate surface area is 153 Å². The van der Waals surface area contributed by atoms with Crippen LogP contribution < -0.4 is 5.32 Å². The molecule has 0 radical (unpaired) electrons. The van der Waals surface area contributed by atoms with Crippen LogP contribution in [0.2, 0.25) is 0 Å². The highest BCUT2D eigenvalue weighted by Crippen LogP contribution is 2.22. The Morgan fingerprint density at radius 1 is 1.27 bits per heavy atom. The van der Waals surface area contributed by atoms with Crippen molar-refractivity contribution in [3.63, 3.8) is 0 Å². The summed E-state index contributed by atoms with van der Waals surface area (Å²) >= 11 is 1.48. The number of carbonyl (C=O) groups excluding carboxylic acids is 1. The Balaban J connectivity index is 1.45. The summed E-state index contributed by atoms with van der Waals surface area (Å²) in [5.74, 6) is 0.760. The van der Waals surface area contributed by atoms with Crippen molar-refractivity contribution in [2.75, 3.05) is 0 Å². The average molecular weight is 369 g/mol. The number of hydrogen-bond acceptors (Lipinski definition) is 5. The smallest absolute Gasteiger partial charge is 0.272 e.